The molecule has 0 saturated carbocycles. The minimum Gasteiger partial charge on any atom is -0.397 e. The molecule has 2 heterocycles. The smallest absolute Gasteiger partial charge is 0.205 e. The molecule has 2 aromatic heterocycles. The minimum absolute atomic E-state index is 0.0966. The van der Waals surface area contributed by atoms with Crippen LogP contribution in [0.15, 0.2) is 42.5 Å². The zero-order valence-corrected chi connectivity index (χ0v) is 18.7. The van der Waals surface area contributed by atoms with Crippen molar-refractivity contribution in [1.82, 2.24) is 4.98 Å². The third-order valence-electron chi connectivity index (χ3n) is 5.06. The Morgan fingerprint density at radius 3 is 2.45 bits per heavy atom. The SMILES string of the molecule is CCc1ccc(-c2c(C#N)c(N)nc3sc(C(=O)c4ccc(Cl)c(Cl)c4)c(N)c23)cc1. The van der Waals surface area contributed by atoms with Gasteiger partial charge in [0.1, 0.15) is 27.2 Å². The number of aryl methyl sites for hydroxylation is 1. The number of hydrogen-bond acceptors (Lipinski definition) is 6. The average molecular weight is 467 g/mol. The number of ketones is 1. The van der Waals surface area contributed by atoms with E-state index in [-0.39, 0.29) is 27.9 Å². The van der Waals surface area contributed by atoms with Gasteiger partial charge in [-0.25, -0.2) is 4.98 Å². The number of carbonyl (C=O) groups is 1. The van der Waals surface area contributed by atoms with Crippen LogP contribution < -0.4 is 11.5 Å². The molecule has 4 N–H and O–H groups in total. The monoisotopic (exact) mass is 466 g/mol. The zero-order valence-electron chi connectivity index (χ0n) is 16.4. The number of anilines is 2. The van der Waals surface area contributed by atoms with Crippen molar-refractivity contribution < 1.29 is 4.79 Å². The van der Waals surface area contributed by atoms with Crippen molar-refractivity contribution in [2.75, 3.05) is 11.5 Å². The van der Waals surface area contributed by atoms with Gasteiger partial charge in [0, 0.05) is 16.5 Å². The van der Waals surface area contributed by atoms with Crippen molar-refractivity contribution in [2.45, 2.75) is 13.3 Å². The number of hydrogen-bond donors (Lipinski definition) is 2. The van der Waals surface area contributed by atoms with Crippen LogP contribution >= 0.6 is 34.5 Å². The van der Waals surface area contributed by atoms with Gasteiger partial charge in [-0.2, -0.15) is 5.26 Å². The molecule has 0 spiro atoms. The summed E-state index contributed by atoms with van der Waals surface area (Å²) in [4.78, 5) is 18.3. The summed E-state index contributed by atoms with van der Waals surface area (Å²) in [5.41, 5.74) is 15.9. The molecule has 0 aliphatic rings. The Balaban J connectivity index is 1.97. The fraction of sp³-hybridized carbons (Fsp3) is 0.0870. The summed E-state index contributed by atoms with van der Waals surface area (Å²) < 4.78 is 0. The summed E-state index contributed by atoms with van der Waals surface area (Å²) in [7, 11) is 0. The fourth-order valence-corrected chi connectivity index (χ4v) is 4.79. The number of aromatic nitrogens is 1. The molecule has 0 radical (unpaired) electrons. The quantitative estimate of drug-likeness (QED) is 0.353. The third-order valence-corrected chi connectivity index (χ3v) is 6.89. The Morgan fingerprint density at radius 1 is 1.13 bits per heavy atom. The van der Waals surface area contributed by atoms with Crippen molar-refractivity contribution in [3.63, 3.8) is 0 Å². The maximum Gasteiger partial charge on any atom is 0.205 e. The fourth-order valence-electron chi connectivity index (χ4n) is 3.42. The van der Waals surface area contributed by atoms with E-state index in [1.165, 1.54) is 6.07 Å². The van der Waals surface area contributed by atoms with E-state index in [1.807, 2.05) is 24.3 Å². The molecule has 0 fully saturated rings. The number of carbonyl (C=O) groups excluding carboxylic acids is 1. The summed E-state index contributed by atoms with van der Waals surface area (Å²) in [6, 6.07) is 14.6. The van der Waals surface area contributed by atoms with Gasteiger partial charge in [0.15, 0.2) is 0 Å². The van der Waals surface area contributed by atoms with Crippen molar-refractivity contribution >= 4 is 62.0 Å². The van der Waals surface area contributed by atoms with Gasteiger partial charge < -0.3 is 11.5 Å². The van der Waals surface area contributed by atoms with E-state index in [9.17, 15) is 10.1 Å². The third kappa shape index (κ3) is 3.61. The highest BCUT2D eigenvalue weighted by Gasteiger charge is 2.25. The summed E-state index contributed by atoms with van der Waals surface area (Å²) in [6.07, 6.45) is 0.891. The Bertz CT molecular complexity index is 1390. The second-order valence-electron chi connectivity index (χ2n) is 6.89. The van der Waals surface area contributed by atoms with Gasteiger partial charge >= 0.3 is 0 Å². The summed E-state index contributed by atoms with van der Waals surface area (Å²) in [6.45, 7) is 2.07. The highest BCUT2D eigenvalue weighted by atomic mass is 35.5. The molecule has 2 aromatic carbocycles. The van der Waals surface area contributed by atoms with Crippen molar-refractivity contribution in [3.8, 4) is 17.2 Å². The molecule has 0 aliphatic carbocycles. The van der Waals surface area contributed by atoms with Crippen LogP contribution in [-0.4, -0.2) is 10.8 Å². The first-order chi connectivity index (χ1) is 14.8. The van der Waals surface area contributed by atoms with E-state index in [0.717, 1.165) is 28.9 Å². The Labute approximate surface area is 192 Å². The molecular formula is C23H16Cl2N4OS. The average Bonchev–Trinajstić information content (AvgIpc) is 3.10. The van der Waals surface area contributed by atoms with Gasteiger partial charge in [0.2, 0.25) is 5.78 Å². The van der Waals surface area contributed by atoms with Gasteiger partial charge in [-0.1, -0.05) is 54.4 Å². The van der Waals surface area contributed by atoms with E-state index in [1.54, 1.807) is 12.1 Å². The molecule has 8 heteroatoms. The first kappa shape index (κ1) is 21.1. The maximum absolute atomic E-state index is 13.2. The van der Waals surface area contributed by atoms with Gasteiger partial charge in [-0.15, -0.1) is 11.3 Å². The van der Waals surface area contributed by atoms with E-state index in [4.69, 9.17) is 34.7 Å². The lowest BCUT2D eigenvalue weighted by atomic mass is 9.95. The van der Waals surface area contributed by atoms with Crippen LogP contribution in [0.2, 0.25) is 10.0 Å². The standard InChI is InChI=1S/C23H16Cl2N4OS/c1-2-11-3-5-12(6-4-11)17-14(10-26)22(28)29-23-18(17)19(27)21(31-23)20(30)13-7-8-15(24)16(25)9-13/h3-9H,2,27H2,1H3,(H2,28,29). The summed E-state index contributed by atoms with van der Waals surface area (Å²) in [5, 5.41) is 10.9. The maximum atomic E-state index is 13.2. The molecule has 154 valence electrons. The zero-order chi connectivity index (χ0) is 22.3. The number of pyridine rings is 1. The van der Waals surface area contributed by atoms with Crippen molar-refractivity contribution in [1.29, 1.82) is 5.26 Å². The topological polar surface area (TPSA) is 106 Å². The Hall–Kier alpha value is -3.11. The number of fused-ring (bicyclic) bond motifs is 1. The molecule has 0 saturated heterocycles. The molecule has 0 unspecified atom stereocenters. The van der Waals surface area contributed by atoms with Crippen LogP contribution in [0.1, 0.15) is 33.3 Å². The molecule has 0 atom stereocenters. The van der Waals surface area contributed by atoms with Crippen molar-refractivity contribution in [2.24, 2.45) is 0 Å². The van der Waals surface area contributed by atoms with Crippen LogP contribution in [0.4, 0.5) is 11.5 Å². The predicted molar refractivity (Wildman–Crippen MR) is 128 cm³/mol. The molecule has 0 bridgehead atoms. The summed E-state index contributed by atoms with van der Waals surface area (Å²) >= 11 is 13.2. The molecule has 4 rings (SSSR count). The number of rotatable bonds is 4. The van der Waals surface area contributed by atoms with E-state index < -0.39 is 0 Å². The number of benzene rings is 2. The van der Waals surface area contributed by atoms with Crippen LogP contribution in [0.5, 0.6) is 0 Å². The van der Waals surface area contributed by atoms with E-state index in [2.05, 4.69) is 18.0 Å². The van der Waals surface area contributed by atoms with Gasteiger partial charge in [-0.05, 0) is 35.7 Å². The van der Waals surface area contributed by atoms with Crippen LogP contribution in [0, 0.1) is 11.3 Å². The van der Waals surface area contributed by atoms with E-state index in [0.29, 0.717) is 31.2 Å². The lowest BCUT2D eigenvalue weighted by Crippen LogP contribution is -2.03. The lowest BCUT2D eigenvalue weighted by molar-refractivity contribution is 0.104. The molecular weight excluding hydrogens is 451 g/mol. The normalized spacial score (nSPS) is 10.9. The predicted octanol–water partition coefficient (Wildman–Crippen LogP) is 6.10. The number of nitrogens with two attached hydrogens (primary N) is 2. The second-order valence-corrected chi connectivity index (χ2v) is 8.71. The van der Waals surface area contributed by atoms with Crippen molar-refractivity contribution in [3.05, 3.63) is 74.1 Å². The first-order valence-electron chi connectivity index (χ1n) is 9.36. The van der Waals surface area contributed by atoms with Gasteiger partial charge in [-0.3, -0.25) is 4.79 Å². The minimum atomic E-state index is -0.302. The highest BCUT2D eigenvalue weighted by Crippen LogP contribution is 2.43. The Morgan fingerprint density at radius 2 is 1.84 bits per heavy atom. The van der Waals surface area contributed by atoms with Crippen LogP contribution in [-0.2, 0) is 6.42 Å². The largest absolute Gasteiger partial charge is 0.397 e. The second kappa shape index (κ2) is 8.20. The van der Waals surface area contributed by atoms with Gasteiger partial charge in [0.05, 0.1) is 15.7 Å². The highest BCUT2D eigenvalue weighted by molar-refractivity contribution is 7.21. The number of nitrogen functional groups attached to an aromatic ring is 2. The van der Waals surface area contributed by atoms with E-state index >= 15 is 0 Å². The lowest BCUT2D eigenvalue weighted by Gasteiger charge is -2.10. The molecule has 4 aromatic rings. The Kier molecular flexibility index (Phi) is 5.59. The summed E-state index contributed by atoms with van der Waals surface area (Å²) in [5.74, 6) is -0.206. The molecule has 5 nitrogen and oxygen atoms in total. The number of nitrogens with zero attached hydrogens (tertiary/aromatic N) is 2. The van der Waals surface area contributed by atoms with Crippen LogP contribution in [0.3, 0.4) is 0 Å². The first-order valence-corrected chi connectivity index (χ1v) is 10.9. The molecule has 0 amide bonds. The van der Waals surface area contributed by atoms with Gasteiger partial charge in [0.25, 0.3) is 0 Å². The number of halogens is 2. The molecule has 0 aliphatic heterocycles. The number of nitriles is 1. The van der Waals surface area contributed by atoms with Crippen LogP contribution in [0.25, 0.3) is 21.3 Å². The number of thiophene rings is 1. The molecule has 31 heavy (non-hydrogen) atoms.